The molecular formula is C16H28N2O. The van der Waals surface area contributed by atoms with E-state index in [0.717, 1.165) is 45.3 Å². The van der Waals surface area contributed by atoms with Gasteiger partial charge in [0, 0.05) is 13.1 Å². The van der Waals surface area contributed by atoms with E-state index in [1.54, 1.807) is 0 Å². The van der Waals surface area contributed by atoms with Crippen molar-refractivity contribution in [1.82, 2.24) is 4.90 Å². The SMILES string of the molecule is CC(C)=CCC/C(C)=C/CN1CCC[C@H](C(N)=O)C1. The number of hydrogen-bond donors (Lipinski definition) is 1. The second kappa shape index (κ2) is 8.16. The van der Waals surface area contributed by atoms with Crippen molar-refractivity contribution in [2.45, 2.75) is 46.5 Å². The largest absolute Gasteiger partial charge is 0.369 e. The minimum atomic E-state index is -0.144. The third-order valence-corrected chi connectivity index (χ3v) is 3.70. The molecule has 108 valence electrons. The average Bonchev–Trinajstić information content (AvgIpc) is 2.36. The molecule has 0 aromatic heterocycles. The molecule has 0 saturated carbocycles. The van der Waals surface area contributed by atoms with E-state index in [-0.39, 0.29) is 11.8 Å². The fourth-order valence-electron chi connectivity index (χ4n) is 2.43. The first-order chi connectivity index (χ1) is 8.99. The van der Waals surface area contributed by atoms with Crippen LogP contribution < -0.4 is 5.73 Å². The Hall–Kier alpha value is -1.09. The van der Waals surface area contributed by atoms with E-state index >= 15 is 0 Å². The molecule has 2 N–H and O–H groups in total. The van der Waals surface area contributed by atoms with Gasteiger partial charge >= 0.3 is 0 Å². The Morgan fingerprint density at radius 2 is 2.05 bits per heavy atom. The zero-order valence-corrected chi connectivity index (χ0v) is 12.6. The van der Waals surface area contributed by atoms with E-state index in [9.17, 15) is 4.79 Å². The molecule has 1 aliphatic heterocycles. The summed E-state index contributed by atoms with van der Waals surface area (Å²) in [7, 11) is 0. The van der Waals surface area contributed by atoms with Gasteiger partial charge in [0.15, 0.2) is 0 Å². The van der Waals surface area contributed by atoms with Gasteiger partial charge in [-0.1, -0.05) is 23.3 Å². The second-order valence-electron chi connectivity index (χ2n) is 5.87. The smallest absolute Gasteiger partial charge is 0.221 e. The summed E-state index contributed by atoms with van der Waals surface area (Å²) in [6.07, 6.45) is 8.85. The fraction of sp³-hybridized carbons (Fsp3) is 0.688. The molecule has 0 spiro atoms. The van der Waals surface area contributed by atoms with Crippen LogP contribution in [0, 0.1) is 5.92 Å². The lowest BCUT2D eigenvalue weighted by atomic mass is 9.97. The van der Waals surface area contributed by atoms with Crippen molar-refractivity contribution in [2.75, 3.05) is 19.6 Å². The van der Waals surface area contributed by atoms with E-state index in [4.69, 9.17) is 5.73 Å². The van der Waals surface area contributed by atoms with Crippen LogP contribution >= 0.6 is 0 Å². The maximum absolute atomic E-state index is 11.2. The highest BCUT2D eigenvalue weighted by molar-refractivity contribution is 5.76. The molecule has 0 aliphatic carbocycles. The molecule has 1 rings (SSSR count). The molecule has 1 aliphatic rings. The van der Waals surface area contributed by atoms with Gasteiger partial charge in [0.05, 0.1) is 5.92 Å². The van der Waals surface area contributed by atoms with Gasteiger partial charge < -0.3 is 5.73 Å². The van der Waals surface area contributed by atoms with Crippen LogP contribution in [0.15, 0.2) is 23.3 Å². The zero-order valence-electron chi connectivity index (χ0n) is 12.6. The third kappa shape index (κ3) is 6.58. The zero-order chi connectivity index (χ0) is 14.3. The highest BCUT2D eigenvalue weighted by atomic mass is 16.1. The van der Waals surface area contributed by atoms with E-state index in [2.05, 4.69) is 37.8 Å². The Bertz CT molecular complexity index is 354. The number of nitrogens with zero attached hydrogens (tertiary/aromatic N) is 1. The van der Waals surface area contributed by atoms with Crippen molar-refractivity contribution >= 4 is 5.91 Å². The number of rotatable bonds is 6. The summed E-state index contributed by atoms with van der Waals surface area (Å²) in [6.45, 7) is 9.32. The second-order valence-corrected chi connectivity index (χ2v) is 5.87. The van der Waals surface area contributed by atoms with Gasteiger partial charge in [0.1, 0.15) is 0 Å². The molecule has 0 aromatic rings. The number of allylic oxidation sites excluding steroid dienone is 3. The van der Waals surface area contributed by atoms with Gasteiger partial charge in [-0.25, -0.2) is 0 Å². The number of primary amides is 1. The van der Waals surface area contributed by atoms with Crippen LogP contribution in [0.5, 0.6) is 0 Å². The molecule has 19 heavy (non-hydrogen) atoms. The molecule has 3 nitrogen and oxygen atoms in total. The van der Waals surface area contributed by atoms with Crippen molar-refractivity contribution < 1.29 is 4.79 Å². The van der Waals surface area contributed by atoms with Gasteiger partial charge in [0.2, 0.25) is 5.91 Å². The third-order valence-electron chi connectivity index (χ3n) is 3.70. The molecule has 1 saturated heterocycles. The maximum Gasteiger partial charge on any atom is 0.221 e. The topological polar surface area (TPSA) is 46.3 Å². The molecule has 0 bridgehead atoms. The first-order valence-corrected chi connectivity index (χ1v) is 7.29. The van der Waals surface area contributed by atoms with Crippen molar-refractivity contribution in [2.24, 2.45) is 11.7 Å². The molecule has 0 radical (unpaired) electrons. The molecule has 0 aromatic carbocycles. The Morgan fingerprint density at radius 3 is 2.68 bits per heavy atom. The van der Waals surface area contributed by atoms with Gasteiger partial charge in [-0.3, -0.25) is 9.69 Å². The summed E-state index contributed by atoms with van der Waals surface area (Å²) in [5.41, 5.74) is 8.20. The van der Waals surface area contributed by atoms with Crippen LogP contribution in [0.1, 0.15) is 46.5 Å². The van der Waals surface area contributed by atoms with Crippen molar-refractivity contribution in [3.63, 3.8) is 0 Å². The van der Waals surface area contributed by atoms with Crippen LogP contribution in [0.25, 0.3) is 0 Å². The number of amides is 1. The number of carbonyl (C=O) groups excluding carboxylic acids is 1. The minimum absolute atomic E-state index is 0.0492. The summed E-state index contributed by atoms with van der Waals surface area (Å²) in [6, 6.07) is 0. The Kier molecular flexibility index (Phi) is 6.85. The number of hydrogen-bond acceptors (Lipinski definition) is 2. The number of piperidine rings is 1. The minimum Gasteiger partial charge on any atom is -0.369 e. The lowest BCUT2D eigenvalue weighted by molar-refractivity contribution is -0.123. The number of carbonyl (C=O) groups is 1. The normalized spacial score (nSPS) is 21.2. The first-order valence-electron chi connectivity index (χ1n) is 7.29. The van der Waals surface area contributed by atoms with Crippen LogP contribution in [0.4, 0.5) is 0 Å². The predicted molar refractivity (Wildman–Crippen MR) is 80.8 cm³/mol. The van der Waals surface area contributed by atoms with Gasteiger partial charge in [-0.15, -0.1) is 0 Å². The van der Waals surface area contributed by atoms with Crippen molar-refractivity contribution in [3.05, 3.63) is 23.3 Å². The summed E-state index contributed by atoms with van der Waals surface area (Å²) < 4.78 is 0. The number of likely N-dealkylation sites (tertiary alicyclic amines) is 1. The first kappa shape index (κ1) is 16.0. The van der Waals surface area contributed by atoms with E-state index in [1.165, 1.54) is 11.1 Å². The molecule has 1 atom stereocenters. The van der Waals surface area contributed by atoms with Crippen molar-refractivity contribution in [1.29, 1.82) is 0 Å². The highest BCUT2D eigenvalue weighted by Crippen LogP contribution is 2.16. The van der Waals surface area contributed by atoms with Crippen LogP contribution in [-0.2, 0) is 4.79 Å². The van der Waals surface area contributed by atoms with Crippen LogP contribution in [-0.4, -0.2) is 30.4 Å². The van der Waals surface area contributed by atoms with Crippen LogP contribution in [0.2, 0.25) is 0 Å². The van der Waals surface area contributed by atoms with E-state index < -0.39 is 0 Å². The maximum atomic E-state index is 11.2. The average molecular weight is 264 g/mol. The highest BCUT2D eigenvalue weighted by Gasteiger charge is 2.22. The molecule has 0 unspecified atom stereocenters. The number of nitrogens with two attached hydrogens (primary N) is 1. The molecule has 1 fully saturated rings. The van der Waals surface area contributed by atoms with Crippen LogP contribution in [0.3, 0.4) is 0 Å². The molecule has 1 amide bonds. The summed E-state index contributed by atoms with van der Waals surface area (Å²) in [5.74, 6) is -0.0953. The van der Waals surface area contributed by atoms with Gasteiger partial charge in [-0.2, -0.15) is 0 Å². The lowest BCUT2D eigenvalue weighted by Gasteiger charge is -2.30. The summed E-state index contributed by atoms with van der Waals surface area (Å²) in [5, 5.41) is 0. The lowest BCUT2D eigenvalue weighted by Crippen LogP contribution is -2.41. The molecular weight excluding hydrogens is 236 g/mol. The standard InChI is InChI=1S/C16H28N2O/c1-13(2)6-4-7-14(3)9-11-18-10-5-8-15(12-18)16(17)19/h6,9,15H,4-5,7-8,10-12H2,1-3H3,(H2,17,19)/b14-9+/t15-/m0/s1. The van der Waals surface area contributed by atoms with Crippen molar-refractivity contribution in [3.8, 4) is 0 Å². The Labute approximate surface area is 117 Å². The van der Waals surface area contributed by atoms with E-state index in [0.29, 0.717) is 0 Å². The fourth-order valence-corrected chi connectivity index (χ4v) is 2.43. The molecule has 3 heteroatoms. The summed E-state index contributed by atoms with van der Waals surface area (Å²) in [4.78, 5) is 13.6. The van der Waals surface area contributed by atoms with Gasteiger partial charge in [-0.05, 0) is 53.0 Å². The Morgan fingerprint density at radius 1 is 1.32 bits per heavy atom. The van der Waals surface area contributed by atoms with E-state index in [1.807, 2.05) is 0 Å². The van der Waals surface area contributed by atoms with Gasteiger partial charge in [0.25, 0.3) is 0 Å². The Balaban J connectivity index is 2.34. The summed E-state index contributed by atoms with van der Waals surface area (Å²) >= 11 is 0. The predicted octanol–water partition coefficient (Wildman–Crippen LogP) is 2.88. The molecule has 1 heterocycles. The monoisotopic (exact) mass is 264 g/mol. The quantitative estimate of drug-likeness (QED) is 0.750.